The molecular formula is C14H29N3O2S. The summed E-state index contributed by atoms with van der Waals surface area (Å²) >= 11 is 0. The minimum Gasteiger partial charge on any atom is -0.316 e. The molecule has 2 aliphatic rings. The SMILES string of the molecule is CCN1CCCC1CN(C)S(=O)(=O)CC1CCCNC1. The summed E-state index contributed by atoms with van der Waals surface area (Å²) < 4.78 is 26.5. The average Bonchev–Trinajstić information content (AvgIpc) is 2.86. The van der Waals surface area contributed by atoms with Gasteiger partial charge in [-0.1, -0.05) is 6.92 Å². The Bertz CT molecular complexity index is 393. The monoisotopic (exact) mass is 303 g/mol. The Hall–Kier alpha value is -0.170. The highest BCUT2D eigenvalue weighted by Crippen LogP contribution is 2.20. The standard InChI is InChI=1S/C14H29N3O2S/c1-3-17-9-5-7-14(17)11-16(2)20(18,19)12-13-6-4-8-15-10-13/h13-15H,3-12H2,1-2H3. The Kier molecular flexibility index (Phi) is 5.84. The third-order valence-corrected chi connectivity index (χ3v) is 6.68. The summed E-state index contributed by atoms with van der Waals surface area (Å²) in [5, 5.41) is 3.29. The van der Waals surface area contributed by atoms with Gasteiger partial charge in [-0.25, -0.2) is 12.7 Å². The highest BCUT2D eigenvalue weighted by Gasteiger charge is 2.30. The van der Waals surface area contributed by atoms with E-state index in [1.54, 1.807) is 11.4 Å². The molecule has 2 heterocycles. The van der Waals surface area contributed by atoms with Gasteiger partial charge in [-0.15, -0.1) is 0 Å². The minimum atomic E-state index is -3.11. The van der Waals surface area contributed by atoms with Crippen molar-refractivity contribution in [2.75, 3.05) is 45.5 Å². The molecule has 20 heavy (non-hydrogen) atoms. The summed E-state index contributed by atoms with van der Waals surface area (Å²) in [5.41, 5.74) is 0. The highest BCUT2D eigenvalue weighted by atomic mass is 32.2. The van der Waals surface area contributed by atoms with E-state index in [0.717, 1.165) is 45.4 Å². The van der Waals surface area contributed by atoms with E-state index in [9.17, 15) is 8.42 Å². The van der Waals surface area contributed by atoms with Gasteiger partial charge in [-0.3, -0.25) is 4.90 Å². The molecule has 0 aromatic heterocycles. The number of sulfonamides is 1. The molecular weight excluding hydrogens is 274 g/mol. The second kappa shape index (κ2) is 7.20. The second-order valence-electron chi connectivity index (χ2n) is 6.20. The number of hydrogen-bond acceptors (Lipinski definition) is 4. The number of likely N-dealkylation sites (tertiary alicyclic amines) is 1. The maximum Gasteiger partial charge on any atom is 0.214 e. The van der Waals surface area contributed by atoms with Crippen LogP contribution in [0.4, 0.5) is 0 Å². The quantitative estimate of drug-likeness (QED) is 0.786. The van der Waals surface area contributed by atoms with Crippen LogP contribution in [-0.2, 0) is 10.0 Å². The summed E-state index contributed by atoms with van der Waals surface area (Å²) in [7, 11) is -1.36. The van der Waals surface area contributed by atoms with Crippen molar-refractivity contribution in [2.24, 2.45) is 5.92 Å². The Labute approximate surface area is 123 Å². The molecule has 2 atom stereocenters. The molecule has 0 amide bonds. The van der Waals surface area contributed by atoms with Crippen LogP contribution in [-0.4, -0.2) is 69.2 Å². The van der Waals surface area contributed by atoms with Crippen molar-refractivity contribution in [1.29, 1.82) is 0 Å². The molecule has 2 unspecified atom stereocenters. The number of likely N-dealkylation sites (N-methyl/N-ethyl adjacent to an activating group) is 2. The van der Waals surface area contributed by atoms with E-state index in [1.165, 1.54) is 6.42 Å². The lowest BCUT2D eigenvalue weighted by Crippen LogP contribution is -2.44. The van der Waals surface area contributed by atoms with Crippen molar-refractivity contribution >= 4 is 10.0 Å². The van der Waals surface area contributed by atoms with Gasteiger partial charge in [0.1, 0.15) is 0 Å². The Balaban J connectivity index is 1.87. The number of rotatable bonds is 6. The van der Waals surface area contributed by atoms with Gasteiger partial charge in [0.25, 0.3) is 0 Å². The predicted molar refractivity (Wildman–Crippen MR) is 82.3 cm³/mol. The van der Waals surface area contributed by atoms with Crippen LogP contribution in [0.5, 0.6) is 0 Å². The molecule has 2 aliphatic heterocycles. The zero-order valence-corrected chi connectivity index (χ0v) is 13.7. The fourth-order valence-electron chi connectivity index (χ4n) is 3.42. The average molecular weight is 303 g/mol. The molecule has 0 bridgehead atoms. The number of nitrogens with one attached hydrogen (secondary N) is 1. The van der Waals surface area contributed by atoms with Crippen molar-refractivity contribution in [3.05, 3.63) is 0 Å². The van der Waals surface area contributed by atoms with Crippen LogP contribution < -0.4 is 5.32 Å². The summed E-state index contributed by atoms with van der Waals surface area (Å²) in [4.78, 5) is 2.40. The zero-order chi connectivity index (χ0) is 14.6. The van der Waals surface area contributed by atoms with Crippen LogP contribution >= 0.6 is 0 Å². The molecule has 5 nitrogen and oxygen atoms in total. The molecule has 0 aromatic rings. The van der Waals surface area contributed by atoms with Gasteiger partial charge in [0.05, 0.1) is 5.75 Å². The first-order valence-corrected chi connectivity index (χ1v) is 9.52. The number of piperidine rings is 1. The topological polar surface area (TPSA) is 52.7 Å². The van der Waals surface area contributed by atoms with Crippen molar-refractivity contribution in [3.63, 3.8) is 0 Å². The second-order valence-corrected chi connectivity index (χ2v) is 8.32. The van der Waals surface area contributed by atoms with E-state index in [0.29, 0.717) is 18.3 Å². The van der Waals surface area contributed by atoms with Crippen LogP contribution in [0.2, 0.25) is 0 Å². The largest absolute Gasteiger partial charge is 0.316 e. The van der Waals surface area contributed by atoms with E-state index >= 15 is 0 Å². The molecule has 0 spiro atoms. The maximum atomic E-state index is 12.5. The van der Waals surface area contributed by atoms with Gasteiger partial charge in [-0.2, -0.15) is 0 Å². The van der Waals surface area contributed by atoms with Crippen molar-refractivity contribution in [1.82, 2.24) is 14.5 Å². The van der Waals surface area contributed by atoms with Crippen molar-refractivity contribution < 1.29 is 8.42 Å². The van der Waals surface area contributed by atoms with E-state index in [1.807, 2.05) is 0 Å². The molecule has 0 radical (unpaired) electrons. The third-order valence-electron chi connectivity index (χ3n) is 4.69. The van der Waals surface area contributed by atoms with Gasteiger partial charge < -0.3 is 5.32 Å². The lowest BCUT2D eigenvalue weighted by molar-refractivity contribution is 0.237. The molecule has 2 saturated heterocycles. The molecule has 0 aromatic carbocycles. The lowest BCUT2D eigenvalue weighted by atomic mass is 10.0. The fourth-order valence-corrected chi connectivity index (χ4v) is 4.95. The lowest BCUT2D eigenvalue weighted by Gasteiger charge is -2.29. The number of nitrogens with zero attached hydrogens (tertiary/aromatic N) is 2. The molecule has 118 valence electrons. The van der Waals surface area contributed by atoms with Crippen LogP contribution in [0.15, 0.2) is 0 Å². The first-order valence-electron chi connectivity index (χ1n) is 7.91. The third kappa shape index (κ3) is 4.16. The van der Waals surface area contributed by atoms with Crippen LogP contribution in [0.1, 0.15) is 32.6 Å². The first kappa shape index (κ1) is 16.2. The Morgan fingerprint density at radius 3 is 2.75 bits per heavy atom. The first-order chi connectivity index (χ1) is 9.53. The van der Waals surface area contributed by atoms with Crippen LogP contribution in [0, 0.1) is 5.92 Å². The summed E-state index contributed by atoms with van der Waals surface area (Å²) in [6.45, 7) is 6.81. The van der Waals surface area contributed by atoms with E-state index < -0.39 is 10.0 Å². The molecule has 2 fully saturated rings. The highest BCUT2D eigenvalue weighted by molar-refractivity contribution is 7.89. The fraction of sp³-hybridized carbons (Fsp3) is 1.00. The van der Waals surface area contributed by atoms with Gasteiger partial charge >= 0.3 is 0 Å². The van der Waals surface area contributed by atoms with E-state index in [4.69, 9.17) is 0 Å². The van der Waals surface area contributed by atoms with Gasteiger partial charge in [0.2, 0.25) is 10.0 Å². The predicted octanol–water partition coefficient (Wildman–Crippen LogP) is 0.732. The van der Waals surface area contributed by atoms with Crippen molar-refractivity contribution in [2.45, 2.75) is 38.6 Å². The molecule has 2 rings (SSSR count). The smallest absolute Gasteiger partial charge is 0.214 e. The molecule has 0 saturated carbocycles. The van der Waals surface area contributed by atoms with Crippen LogP contribution in [0.25, 0.3) is 0 Å². The maximum absolute atomic E-state index is 12.5. The molecule has 0 aliphatic carbocycles. The van der Waals surface area contributed by atoms with Gasteiger partial charge in [0.15, 0.2) is 0 Å². The summed E-state index contributed by atoms with van der Waals surface area (Å²) in [5.74, 6) is 0.581. The van der Waals surface area contributed by atoms with E-state index in [-0.39, 0.29) is 5.92 Å². The Morgan fingerprint density at radius 1 is 1.30 bits per heavy atom. The Morgan fingerprint density at radius 2 is 2.10 bits per heavy atom. The minimum absolute atomic E-state index is 0.280. The van der Waals surface area contributed by atoms with E-state index in [2.05, 4.69) is 17.1 Å². The van der Waals surface area contributed by atoms with Crippen molar-refractivity contribution in [3.8, 4) is 0 Å². The molecule has 1 N–H and O–H groups in total. The summed E-state index contributed by atoms with van der Waals surface area (Å²) in [6, 6.07) is 0.407. The van der Waals surface area contributed by atoms with Gasteiger partial charge in [-0.05, 0) is 57.8 Å². The molecule has 6 heteroatoms. The normalized spacial score (nSPS) is 29.1. The zero-order valence-electron chi connectivity index (χ0n) is 12.8. The summed E-state index contributed by atoms with van der Waals surface area (Å²) in [6.07, 6.45) is 4.44. The van der Waals surface area contributed by atoms with Crippen LogP contribution in [0.3, 0.4) is 0 Å². The number of hydrogen-bond donors (Lipinski definition) is 1. The van der Waals surface area contributed by atoms with Gasteiger partial charge in [0, 0.05) is 19.6 Å².